The second-order valence-electron chi connectivity index (χ2n) is 7.73. The molecule has 1 aromatic carbocycles. The molecular formula is C20H30ClFN2O. The Morgan fingerprint density at radius 3 is 2.76 bits per heavy atom. The van der Waals surface area contributed by atoms with Crippen molar-refractivity contribution in [2.24, 2.45) is 17.8 Å². The van der Waals surface area contributed by atoms with Crippen LogP contribution in [0.15, 0.2) is 24.3 Å². The molecule has 0 bridgehead atoms. The number of hydrogen-bond donors (Lipinski definition) is 1. The molecule has 3 unspecified atom stereocenters. The van der Waals surface area contributed by atoms with Crippen molar-refractivity contribution in [3.8, 4) is 0 Å². The molecule has 0 saturated carbocycles. The van der Waals surface area contributed by atoms with Gasteiger partial charge in [-0.05, 0) is 67.8 Å². The van der Waals surface area contributed by atoms with Crippen LogP contribution in [0, 0.1) is 23.6 Å². The van der Waals surface area contributed by atoms with Crippen molar-refractivity contribution in [2.45, 2.75) is 45.6 Å². The fourth-order valence-corrected chi connectivity index (χ4v) is 4.32. The lowest BCUT2D eigenvalue weighted by Gasteiger charge is -2.31. The largest absolute Gasteiger partial charge is 0.335 e. The van der Waals surface area contributed by atoms with E-state index in [9.17, 15) is 9.18 Å². The third kappa shape index (κ3) is 4.95. The summed E-state index contributed by atoms with van der Waals surface area (Å²) in [6.07, 6.45) is 3.87. The zero-order chi connectivity index (χ0) is 17.1. The molecule has 25 heavy (non-hydrogen) atoms. The third-order valence-electron chi connectivity index (χ3n) is 5.75. The van der Waals surface area contributed by atoms with Gasteiger partial charge in [-0.15, -0.1) is 12.4 Å². The molecule has 0 aliphatic carbocycles. The summed E-state index contributed by atoms with van der Waals surface area (Å²) in [4.78, 5) is 14.9. The molecule has 5 heteroatoms. The number of carbonyl (C=O) groups is 1. The number of nitrogens with zero attached hydrogens (tertiary/aromatic N) is 1. The van der Waals surface area contributed by atoms with Crippen LogP contribution in [0.5, 0.6) is 0 Å². The zero-order valence-electron chi connectivity index (χ0n) is 15.2. The SMILES string of the molecule is CC1CC(c2cccc(F)c2)N(C(=O)CC(C)C2CCNCC2)C1.Cl. The Morgan fingerprint density at radius 1 is 1.36 bits per heavy atom. The number of rotatable bonds is 4. The Hall–Kier alpha value is -1.13. The van der Waals surface area contributed by atoms with Gasteiger partial charge in [0.2, 0.25) is 5.91 Å². The van der Waals surface area contributed by atoms with E-state index in [1.165, 1.54) is 6.07 Å². The maximum absolute atomic E-state index is 13.6. The number of nitrogens with one attached hydrogen (secondary N) is 1. The number of halogens is 2. The second kappa shape index (κ2) is 9.00. The highest BCUT2D eigenvalue weighted by molar-refractivity contribution is 5.85. The van der Waals surface area contributed by atoms with Crippen LogP contribution in [0.2, 0.25) is 0 Å². The van der Waals surface area contributed by atoms with Crippen LogP contribution in [0.3, 0.4) is 0 Å². The first-order valence-electron chi connectivity index (χ1n) is 9.30. The molecule has 3 atom stereocenters. The third-order valence-corrected chi connectivity index (χ3v) is 5.75. The lowest BCUT2D eigenvalue weighted by molar-refractivity contribution is -0.133. The van der Waals surface area contributed by atoms with E-state index in [0.29, 0.717) is 24.2 Å². The summed E-state index contributed by atoms with van der Waals surface area (Å²) < 4.78 is 13.6. The number of likely N-dealkylation sites (tertiary alicyclic amines) is 1. The van der Waals surface area contributed by atoms with Crippen molar-refractivity contribution in [3.63, 3.8) is 0 Å². The molecule has 3 nitrogen and oxygen atoms in total. The highest BCUT2D eigenvalue weighted by Crippen LogP contribution is 2.37. The molecule has 0 spiro atoms. The molecule has 140 valence electrons. The van der Waals surface area contributed by atoms with Gasteiger partial charge >= 0.3 is 0 Å². The fourth-order valence-electron chi connectivity index (χ4n) is 4.32. The average molecular weight is 369 g/mol. The van der Waals surface area contributed by atoms with Gasteiger partial charge in [0.05, 0.1) is 6.04 Å². The minimum atomic E-state index is -0.220. The highest BCUT2D eigenvalue weighted by atomic mass is 35.5. The van der Waals surface area contributed by atoms with Crippen molar-refractivity contribution in [2.75, 3.05) is 19.6 Å². The molecule has 2 aliphatic heterocycles. The van der Waals surface area contributed by atoms with Gasteiger partial charge in [-0.25, -0.2) is 4.39 Å². The van der Waals surface area contributed by atoms with Gasteiger partial charge in [0.25, 0.3) is 0 Å². The van der Waals surface area contributed by atoms with E-state index < -0.39 is 0 Å². The monoisotopic (exact) mass is 368 g/mol. The van der Waals surface area contributed by atoms with Crippen molar-refractivity contribution in [1.29, 1.82) is 0 Å². The average Bonchev–Trinajstić information content (AvgIpc) is 2.98. The number of hydrogen-bond acceptors (Lipinski definition) is 2. The molecule has 1 aromatic rings. The Kier molecular flexibility index (Phi) is 7.26. The summed E-state index contributed by atoms with van der Waals surface area (Å²) in [5.74, 6) is 1.55. The molecule has 2 fully saturated rings. The van der Waals surface area contributed by atoms with Crippen molar-refractivity contribution in [1.82, 2.24) is 10.2 Å². The predicted molar refractivity (Wildman–Crippen MR) is 101 cm³/mol. The Balaban J connectivity index is 0.00000225. The number of carbonyl (C=O) groups excluding carboxylic acids is 1. The summed E-state index contributed by atoms with van der Waals surface area (Å²) in [5, 5.41) is 3.39. The summed E-state index contributed by atoms with van der Waals surface area (Å²) >= 11 is 0. The highest BCUT2D eigenvalue weighted by Gasteiger charge is 2.35. The van der Waals surface area contributed by atoms with Gasteiger partial charge in [0.1, 0.15) is 5.82 Å². The molecule has 2 aliphatic rings. The summed E-state index contributed by atoms with van der Waals surface area (Å²) in [6.45, 7) is 7.31. The van der Waals surface area contributed by atoms with Crippen molar-refractivity contribution in [3.05, 3.63) is 35.6 Å². The second-order valence-corrected chi connectivity index (χ2v) is 7.73. The maximum atomic E-state index is 13.6. The maximum Gasteiger partial charge on any atom is 0.223 e. The normalized spacial score (nSPS) is 25.5. The van der Waals surface area contributed by atoms with Crippen LogP contribution in [0.4, 0.5) is 4.39 Å². The molecule has 0 radical (unpaired) electrons. The molecule has 0 aromatic heterocycles. The van der Waals surface area contributed by atoms with E-state index in [2.05, 4.69) is 19.2 Å². The number of benzene rings is 1. The smallest absolute Gasteiger partial charge is 0.223 e. The molecule has 2 saturated heterocycles. The van der Waals surface area contributed by atoms with E-state index >= 15 is 0 Å². The van der Waals surface area contributed by atoms with Crippen molar-refractivity contribution < 1.29 is 9.18 Å². The predicted octanol–water partition coefficient (Wildman–Crippen LogP) is 4.18. The van der Waals surface area contributed by atoms with Crippen LogP contribution in [-0.4, -0.2) is 30.4 Å². The molecular weight excluding hydrogens is 339 g/mol. The summed E-state index contributed by atoms with van der Waals surface area (Å²) in [6, 6.07) is 6.77. The standard InChI is InChI=1S/C20H29FN2O.ClH/c1-14-10-19(17-4-3-5-18(21)12-17)23(13-14)20(24)11-15(2)16-6-8-22-9-7-16;/h3-5,12,14-16,19,22H,6-11,13H2,1-2H3;1H. The minimum Gasteiger partial charge on any atom is -0.335 e. The number of amides is 1. The topological polar surface area (TPSA) is 32.3 Å². The fraction of sp³-hybridized carbons (Fsp3) is 0.650. The molecule has 1 N–H and O–H groups in total. The Bertz CT molecular complexity index is 577. The summed E-state index contributed by atoms with van der Waals surface area (Å²) in [5.41, 5.74) is 0.933. The molecule has 1 amide bonds. The molecule has 2 heterocycles. The zero-order valence-corrected chi connectivity index (χ0v) is 16.0. The van der Waals surface area contributed by atoms with Crippen LogP contribution in [-0.2, 0) is 4.79 Å². The van der Waals surface area contributed by atoms with Crippen LogP contribution in [0.1, 0.15) is 51.1 Å². The van der Waals surface area contributed by atoms with Gasteiger partial charge in [0, 0.05) is 13.0 Å². The number of piperidine rings is 1. The van der Waals surface area contributed by atoms with E-state index in [4.69, 9.17) is 0 Å². The van der Waals surface area contributed by atoms with E-state index in [1.54, 1.807) is 12.1 Å². The Labute approximate surface area is 156 Å². The first kappa shape index (κ1) is 20.2. The first-order chi connectivity index (χ1) is 11.5. The molecule has 3 rings (SSSR count). The quantitative estimate of drug-likeness (QED) is 0.864. The van der Waals surface area contributed by atoms with Gasteiger partial charge < -0.3 is 10.2 Å². The van der Waals surface area contributed by atoms with Gasteiger partial charge in [0.15, 0.2) is 0 Å². The van der Waals surface area contributed by atoms with E-state index in [1.807, 2.05) is 11.0 Å². The van der Waals surface area contributed by atoms with Gasteiger partial charge in [-0.1, -0.05) is 26.0 Å². The Morgan fingerprint density at radius 2 is 2.08 bits per heavy atom. The summed E-state index contributed by atoms with van der Waals surface area (Å²) in [7, 11) is 0. The van der Waals surface area contributed by atoms with Crippen LogP contribution < -0.4 is 5.32 Å². The van der Waals surface area contributed by atoms with Crippen molar-refractivity contribution >= 4 is 18.3 Å². The lowest BCUT2D eigenvalue weighted by Crippen LogP contribution is -2.35. The lowest BCUT2D eigenvalue weighted by atomic mass is 9.84. The van der Waals surface area contributed by atoms with Gasteiger partial charge in [-0.2, -0.15) is 0 Å². The van der Waals surface area contributed by atoms with Crippen LogP contribution in [0.25, 0.3) is 0 Å². The van der Waals surface area contributed by atoms with E-state index in [-0.39, 0.29) is 30.2 Å². The van der Waals surface area contributed by atoms with Crippen LogP contribution >= 0.6 is 12.4 Å². The van der Waals surface area contributed by atoms with E-state index in [0.717, 1.165) is 44.5 Å². The first-order valence-corrected chi connectivity index (χ1v) is 9.30. The minimum absolute atomic E-state index is 0. The van der Waals surface area contributed by atoms with Gasteiger partial charge in [-0.3, -0.25) is 4.79 Å².